The Kier molecular flexibility index (Phi) is 3.94. The Balaban J connectivity index is 2.11. The van der Waals surface area contributed by atoms with E-state index in [-0.39, 0.29) is 5.91 Å². The van der Waals surface area contributed by atoms with E-state index < -0.39 is 0 Å². The summed E-state index contributed by atoms with van der Waals surface area (Å²) in [5.41, 5.74) is 1.06. The van der Waals surface area contributed by atoms with Gasteiger partial charge in [0.15, 0.2) is 0 Å². The molecule has 0 bridgehead atoms. The van der Waals surface area contributed by atoms with Gasteiger partial charge in [0, 0.05) is 16.4 Å². The van der Waals surface area contributed by atoms with E-state index >= 15 is 0 Å². The van der Waals surface area contributed by atoms with E-state index in [2.05, 4.69) is 26.2 Å². The highest BCUT2D eigenvalue weighted by Crippen LogP contribution is 2.16. The molecule has 18 heavy (non-hydrogen) atoms. The Morgan fingerprint density at radius 2 is 2.00 bits per heavy atom. The Morgan fingerprint density at radius 3 is 2.61 bits per heavy atom. The van der Waals surface area contributed by atoms with Gasteiger partial charge in [0.25, 0.3) is 5.91 Å². The number of nitrogens with one attached hydrogen (secondary N) is 1. The SMILES string of the molecule is COc1ccc(NC(=O)c2cc(Br)ccn2)cc1. The number of pyridine rings is 1. The molecule has 0 aliphatic rings. The van der Waals surface area contributed by atoms with E-state index in [1.807, 2.05) is 0 Å². The average Bonchev–Trinajstić information content (AvgIpc) is 2.39. The van der Waals surface area contributed by atoms with E-state index in [4.69, 9.17) is 4.74 Å². The fourth-order valence-electron chi connectivity index (χ4n) is 1.40. The maximum Gasteiger partial charge on any atom is 0.274 e. The fourth-order valence-corrected chi connectivity index (χ4v) is 1.73. The second-order valence-corrected chi connectivity index (χ2v) is 4.46. The molecule has 0 atom stereocenters. The van der Waals surface area contributed by atoms with Crippen LogP contribution in [0.4, 0.5) is 5.69 Å². The number of anilines is 1. The summed E-state index contributed by atoms with van der Waals surface area (Å²) in [6, 6.07) is 10.5. The number of ether oxygens (including phenoxy) is 1. The van der Waals surface area contributed by atoms with Gasteiger partial charge in [-0.25, -0.2) is 0 Å². The van der Waals surface area contributed by atoms with Crippen molar-refractivity contribution in [1.29, 1.82) is 0 Å². The highest BCUT2D eigenvalue weighted by atomic mass is 79.9. The third-order valence-corrected chi connectivity index (χ3v) is 2.80. The number of carbonyl (C=O) groups is 1. The van der Waals surface area contributed by atoms with Gasteiger partial charge in [0.05, 0.1) is 7.11 Å². The third kappa shape index (κ3) is 3.07. The van der Waals surface area contributed by atoms with Gasteiger partial charge in [-0.05, 0) is 36.4 Å². The molecule has 4 nitrogen and oxygen atoms in total. The summed E-state index contributed by atoms with van der Waals surface area (Å²) in [6.07, 6.45) is 1.58. The highest BCUT2D eigenvalue weighted by Gasteiger charge is 2.07. The summed E-state index contributed by atoms with van der Waals surface area (Å²) >= 11 is 3.30. The van der Waals surface area contributed by atoms with Crippen LogP contribution in [0.1, 0.15) is 10.5 Å². The molecule has 5 heteroatoms. The van der Waals surface area contributed by atoms with Crippen LogP contribution in [0.3, 0.4) is 0 Å². The Morgan fingerprint density at radius 1 is 1.28 bits per heavy atom. The van der Waals surface area contributed by atoms with E-state index in [0.717, 1.165) is 10.2 Å². The number of hydrogen-bond donors (Lipinski definition) is 1. The molecule has 1 aromatic heterocycles. The maximum atomic E-state index is 11.9. The summed E-state index contributed by atoms with van der Waals surface area (Å²) in [5, 5.41) is 2.76. The number of halogens is 1. The molecular formula is C13H11BrN2O2. The van der Waals surface area contributed by atoms with Crippen molar-refractivity contribution in [2.45, 2.75) is 0 Å². The van der Waals surface area contributed by atoms with Crippen molar-refractivity contribution in [3.63, 3.8) is 0 Å². The van der Waals surface area contributed by atoms with Crippen molar-refractivity contribution in [2.24, 2.45) is 0 Å². The standard InChI is InChI=1S/C13H11BrN2O2/c1-18-11-4-2-10(3-5-11)16-13(17)12-8-9(14)6-7-15-12/h2-8H,1H3,(H,16,17). The topological polar surface area (TPSA) is 51.2 Å². The van der Waals surface area contributed by atoms with Crippen LogP contribution < -0.4 is 10.1 Å². The molecule has 0 aliphatic heterocycles. The maximum absolute atomic E-state index is 11.9. The first kappa shape index (κ1) is 12.6. The van der Waals surface area contributed by atoms with Crippen molar-refractivity contribution in [3.05, 3.63) is 52.8 Å². The van der Waals surface area contributed by atoms with Crippen molar-refractivity contribution in [1.82, 2.24) is 4.98 Å². The molecule has 1 aromatic carbocycles. The van der Waals surface area contributed by atoms with Crippen molar-refractivity contribution in [3.8, 4) is 5.75 Å². The quantitative estimate of drug-likeness (QED) is 0.948. The van der Waals surface area contributed by atoms with Crippen molar-refractivity contribution >= 4 is 27.5 Å². The summed E-state index contributed by atoms with van der Waals surface area (Å²) in [5.74, 6) is 0.495. The molecule has 0 saturated heterocycles. The number of carbonyl (C=O) groups excluding carboxylic acids is 1. The van der Waals surface area contributed by atoms with E-state index in [1.165, 1.54) is 0 Å². The Bertz CT molecular complexity index is 555. The third-order valence-electron chi connectivity index (χ3n) is 2.30. The average molecular weight is 307 g/mol. The van der Waals surface area contributed by atoms with E-state index in [9.17, 15) is 4.79 Å². The predicted octanol–water partition coefficient (Wildman–Crippen LogP) is 3.11. The Hall–Kier alpha value is -1.88. The number of methoxy groups -OCH3 is 1. The molecule has 1 amide bonds. The van der Waals surface area contributed by atoms with Gasteiger partial charge in [0.2, 0.25) is 0 Å². The fraction of sp³-hybridized carbons (Fsp3) is 0.0769. The minimum atomic E-state index is -0.249. The lowest BCUT2D eigenvalue weighted by Crippen LogP contribution is -2.13. The van der Waals surface area contributed by atoms with Crippen molar-refractivity contribution in [2.75, 3.05) is 12.4 Å². The molecule has 92 valence electrons. The second kappa shape index (κ2) is 5.64. The van der Waals surface area contributed by atoms with Gasteiger partial charge in [-0.1, -0.05) is 15.9 Å². The van der Waals surface area contributed by atoms with Gasteiger partial charge < -0.3 is 10.1 Å². The summed E-state index contributed by atoms with van der Waals surface area (Å²) in [4.78, 5) is 15.9. The van der Waals surface area contributed by atoms with Crippen LogP contribution in [0.25, 0.3) is 0 Å². The van der Waals surface area contributed by atoms with Crippen LogP contribution >= 0.6 is 15.9 Å². The molecule has 1 N–H and O–H groups in total. The van der Waals surface area contributed by atoms with E-state index in [0.29, 0.717) is 11.4 Å². The number of aromatic nitrogens is 1. The molecule has 0 fully saturated rings. The molecule has 0 aliphatic carbocycles. The molecule has 1 heterocycles. The molecule has 0 unspecified atom stereocenters. The van der Waals surface area contributed by atoms with Crippen LogP contribution in [-0.2, 0) is 0 Å². The zero-order valence-corrected chi connectivity index (χ0v) is 11.3. The number of amides is 1. The van der Waals surface area contributed by atoms with E-state index in [1.54, 1.807) is 49.7 Å². The largest absolute Gasteiger partial charge is 0.497 e. The highest BCUT2D eigenvalue weighted by molar-refractivity contribution is 9.10. The molecule has 2 aromatic rings. The lowest BCUT2D eigenvalue weighted by atomic mass is 10.3. The van der Waals surface area contributed by atoms with Crippen LogP contribution in [0.15, 0.2) is 47.1 Å². The smallest absolute Gasteiger partial charge is 0.274 e. The molecule has 0 saturated carbocycles. The molecule has 0 radical (unpaired) electrons. The summed E-state index contributed by atoms with van der Waals surface area (Å²) < 4.78 is 5.86. The Labute approximate surface area is 113 Å². The zero-order valence-electron chi connectivity index (χ0n) is 9.68. The lowest BCUT2D eigenvalue weighted by Gasteiger charge is -2.05. The van der Waals surface area contributed by atoms with Crippen LogP contribution in [0, 0.1) is 0 Å². The van der Waals surface area contributed by atoms with Crippen LogP contribution in [0.5, 0.6) is 5.75 Å². The number of benzene rings is 1. The minimum absolute atomic E-state index is 0.249. The van der Waals surface area contributed by atoms with Gasteiger partial charge in [-0.15, -0.1) is 0 Å². The van der Waals surface area contributed by atoms with Gasteiger partial charge in [-0.2, -0.15) is 0 Å². The monoisotopic (exact) mass is 306 g/mol. The van der Waals surface area contributed by atoms with Gasteiger partial charge in [-0.3, -0.25) is 9.78 Å². The van der Waals surface area contributed by atoms with Gasteiger partial charge >= 0.3 is 0 Å². The van der Waals surface area contributed by atoms with Crippen LogP contribution in [-0.4, -0.2) is 18.0 Å². The first-order valence-electron chi connectivity index (χ1n) is 5.26. The normalized spacial score (nSPS) is 9.89. The number of nitrogens with zero attached hydrogens (tertiary/aromatic N) is 1. The predicted molar refractivity (Wildman–Crippen MR) is 72.9 cm³/mol. The number of hydrogen-bond acceptors (Lipinski definition) is 3. The lowest BCUT2D eigenvalue weighted by molar-refractivity contribution is 0.102. The first-order chi connectivity index (χ1) is 8.69. The van der Waals surface area contributed by atoms with Crippen LogP contribution in [0.2, 0.25) is 0 Å². The molecule has 0 spiro atoms. The number of rotatable bonds is 3. The van der Waals surface area contributed by atoms with Gasteiger partial charge in [0.1, 0.15) is 11.4 Å². The zero-order chi connectivity index (χ0) is 13.0. The molecule has 2 rings (SSSR count). The summed E-state index contributed by atoms with van der Waals surface area (Å²) in [6.45, 7) is 0. The minimum Gasteiger partial charge on any atom is -0.497 e. The second-order valence-electron chi connectivity index (χ2n) is 3.54. The van der Waals surface area contributed by atoms with Crippen molar-refractivity contribution < 1.29 is 9.53 Å². The molecular weight excluding hydrogens is 296 g/mol. The first-order valence-corrected chi connectivity index (χ1v) is 6.05. The summed E-state index contributed by atoms with van der Waals surface area (Å²) in [7, 11) is 1.60.